The first kappa shape index (κ1) is 16.0. The van der Waals surface area contributed by atoms with Gasteiger partial charge < -0.3 is 4.90 Å². The fraction of sp³-hybridized carbons (Fsp3) is 0.250. The molecule has 25 heavy (non-hydrogen) atoms. The normalized spacial score (nSPS) is 13.5. The van der Waals surface area contributed by atoms with Gasteiger partial charge in [-0.2, -0.15) is 0 Å². The van der Waals surface area contributed by atoms with Crippen LogP contribution in [-0.2, 0) is 0 Å². The van der Waals surface area contributed by atoms with Gasteiger partial charge in [-0.25, -0.2) is 0 Å². The molecular formula is C24H25N. The average molecular weight is 327 g/mol. The summed E-state index contributed by atoms with van der Waals surface area (Å²) in [6.07, 6.45) is 1.11. The van der Waals surface area contributed by atoms with E-state index in [1.165, 1.54) is 44.8 Å². The van der Waals surface area contributed by atoms with Gasteiger partial charge >= 0.3 is 0 Å². The predicted octanol–water partition coefficient (Wildman–Crippen LogP) is 6.89. The number of aryl methyl sites for hydroxylation is 2. The maximum atomic E-state index is 2.53. The highest BCUT2D eigenvalue weighted by atomic mass is 15.2. The van der Waals surface area contributed by atoms with Crippen LogP contribution in [-0.4, -0.2) is 6.04 Å². The molecule has 0 aliphatic carbocycles. The zero-order chi connectivity index (χ0) is 17.6. The van der Waals surface area contributed by atoms with Crippen LogP contribution in [0.4, 0.5) is 11.4 Å². The summed E-state index contributed by atoms with van der Waals surface area (Å²) in [6.45, 7) is 8.95. The maximum absolute atomic E-state index is 2.53. The van der Waals surface area contributed by atoms with E-state index in [1.54, 1.807) is 0 Å². The lowest BCUT2D eigenvalue weighted by atomic mass is 9.93. The Labute approximate surface area is 150 Å². The highest BCUT2D eigenvalue weighted by Gasteiger charge is 2.27. The third-order valence-corrected chi connectivity index (χ3v) is 5.36. The summed E-state index contributed by atoms with van der Waals surface area (Å²) < 4.78 is 0. The van der Waals surface area contributed by atoms with Crippen LogP contribution < -0.4 is 4.90 Å². The maximum Gasteiger partial charge on any atom is 0.0493 e. The number of fused-ring (bicyclic) bond motifs is 5. The van der Waals surface area contributed by atoms with Crippen molar-refractivity contribution in [2.24, 2.45) is 0 Å². The first-order valence-corrected chi connectivity index (χ1v) is 9.20. The molecule has 0 aromatic heterocycles. The topological polar surface area (TPSA) is 3.24 Å². The number of rotatable bonds is 2. The third kappa shape index (κ3) is 2.55. The molecule has 4 rings (SSSR count). The lowest BCUT2D eigenvalue weighted by molar-refractivity contribution is 0.689. The Hall–Kier alpha value is -2.54. The highest BCUT2D eigenvalue weighted by Crippen LogP contribution is 2.49. The molecule has 1 nitrogen and oxygen atoms in total. The van der Waals surface area contributed by atoms with Gasteiger partial charge in [0.25, 0.3) is 0 Å². The zero-order valence-electron chi connectivity index (χ0n) is 15.5. The van der Waals surface area contributed by atoms with Crippen molar-refractivity contribution in [2.75, 3.05) is 4.90 Å². The first-order chi connectivity index (χ1) is 12.1. The van der Waals surface area contributed by atoms with Crippen LogP contribution in [0.25, 0.3) is 22.3 Å². The molecule has 1 heteroatoms. The smallest absolute Gasteiger partial charge is 0.0493 e. The summed E-state index contributed by atoms with van der Waals surface area (Å²) in [4.78, 5) is 2.53. The predicted molar refractivity (Wildman–Crippen MR) is 109 cm³/mol. The van der Waals surface area contributed by atoms with E-state index in [0.717, 1.165) is 6.42 Å². The summed E-state index contributed by atoms with van der Waals surface area (Å²) in [7, 11) is 0. The molecule has 0 N–H and O–H groups in total. The van der Waals surface area contributed by atoms with Crippen LogP contribution in [0, 0.1) is 13.8 Å². The molecule has 1 aliphatic rings. The molecule has 0 bridgehead atoms. The van der Waals surface area contributed by atoms with Gasteiger partial charge in [0.1, 0.15) is 0 Å². The van der Waals surface area contributed by atoms with Crippen LogP contribution in [0.1, 0.15) is 31.4 Å². The van der Waals surface area contributed by atoms with Crippen LogP contribution in [0.15, 0.2) is 60.7 Å². The van der Waals surface area contributed by atoms with Crippen LogP contribution in [0.5, 0.6) is 0 Å². The van der Waals surface area contributed by atoms with Crippen molar-refractivity contribution < 1.29 is 0 Å². The first-order valence-electron chi connectivity index (χ1n) is 9.20. The van der Waals surface area contributed by atoms with Crippen molar-refractivity contribution in [3.63, 3.8) is 0 Å². The summed E-state index contributed by atoms with van der Waals surface area (Å²) in [6, 6.07) is 23.0. The van der Waals surface area contributed by atoms with Gasteiger partial charge in [-0.15, -0.1) is 0 Å². The van der Waals surface area contributed by atoms with Crippen LogP contribution in [0.2, 0.25) is 0 Å². The molecule has 1 atom stereocenters. The monoisotopic (exact) mass is 327 g/mol. The number of anilines is 2. The van der Waals surface area contributed by atoms with E-state index in [9.17, 15) is 0 Å². The average Bonchev–Trinajstić information content (AvgIpc) is 2.74. The van der Waals surface area contributed by atoms with E-state index in [0.29, 0.717) is 6.04 Å². The minimum atomic E-state index is 0.442. The molecular weight excluding hydrogens is 302 g/mol. The molecule has 0 saturated carbocycles. The Morgan fingerprint density at radius 1 is 0.720 bits per heavy atom. The van der Waals surface area contributed by atoms with Gasteiger partial charge in [-0.1, -0.05) is 54.4 Å². The number of benzene rings is 3. The Bertz CT molecular complexity index is 866. The van der Waals surface area contributed by atoms with Crippen LogP contribution in [0.3, 0.4) is 0 Å². The van der Waals surface area contributed by atoms with E-state index >= 15 is 0 Å². The lowest BCUT2D eigenvalue weighted by Crippen LogP contribution is -2.28. The quantitative estimate of drug-likeness (QED) is 0.495. The standard InChI is InChI=1S/C24H25N/c1-5-18(4)25-23-12-10-16(2)14-21(23)19-8-6-7-9-20(19)22-15-17(3)11-13-24(22)25/h6-15,18H,5H2,1-4H3. The molecule has 1 heterocycles. The van der Waals surface area contributed by atoms with E-state index in [-0.39, 0.29) is 0 Å². The fourth-order valence-corrected chi connectivity index (χ4v) is 3.89. The summed E-state index contributed by atoms with van der Waals surface area (Å²) in [5, 5.41) is 0. The van der Waals surface area contributed by atoms with Crippen molar-refractivity contribution in [3.05, 3.63) is 71.8 Å². The lowest BCUT2D eigenvalue weighted by Gasteiger charge is -2.32. The van der Waals surface area contributed by atoms with Crippen LogP contribution >= 0.6 is 0 Å². The van der Waals surface area contributed by atoms with E-state index in [1.807, 2.05) is 0 Å². The molecule has 1 aliphatic heterocycles. The van der Waals surface area contributed by atoms with Crippen molar-refractivity contribution in [1.29, 1.82) is 0 Å². The molecule has 0 radical (unpaired) electrons. The molecule has 0 spiro atoms. The third-order valence-electron chi connectivity index (χ3n) is 5.36. The second-order valence-corrected chi connectivity index (χ2v) is 7.21. The van der Waals surface area contributed by atoms with Gasteiger partial charge in [-0.3, -0.25) is 0 Å². The Kier molecular flexibility index (Phi) is 3.88. The molecule has 1 unspecified atom stereocenters. The van der Waals surface area contributed by atoms with Crippen molar-refractivity contribution in [1.82, 2.24) is 0 Å². The number of hydrogen-bond acceptors (Lipinski definition) is 1. The summed E-state index contributed by atoms with van der Waals surface area (Å²) in [5.41, 5.74) is 10.6. The SMILES string of the molecule is CCC(C)N1c2ccc(C)cc2-c2ccccc2-c2cc(C)ccc21. The second-order valence-electron chi connectivity index (χ2n) is 7.21. The molecule has 0 saturated heterocycles. The Morgan fingerprint density at radius 2 is 1.20 bits per heavy atom. The molecule has 126 valence electrons. The van der Waals surface area contributed by atoms with E-state index in [2.05, 4.69) is 93.3 Å². The zero-order valence-corrected chi connectivity index (χ0v) is 15.5. The number of nitrogens with zero attached hydrogens (tertiary/aromatic N) is 1. The van der Waals surface area contributed by atoms with Crippen molar-refractivity contribution in [2.45, 2.75) is 40.2 Å². The van der Waals surface area contributed by atoms with Gasteiger partial charge in [0.05, 0.1) is 0 Å². The largest absolute Gasteiger partial charge is 0.338 e. The van der Waals surface area contributed by atoms with Crippen molar-refractivity contribution in [3.8, 4) is 22.3 Å². The number of hydrogen-bond donors (Lipinski definition) is 0. The van der Waals surface area contributed by atoms with Gasteiger partial charge in [0.15, 0.2) is 0 Å². The Morgan fingerprint density at radius 3 is 1.64 bits per heavy atom. The molecule has 0 amide bonds. The van der Waals surface area contributed by atoms with E-state index in [4.69, 9.17) is 0 Å². The second kappa shape index (κ2) is 6.07. The van der Waals surface area contributed by atoms with Gasteiger partial charge in [-0.05, 0) is 62.6 Å². The minimum Gasteiger partial charge on any atom is -0.338 e. The highest BCUT2D eigenvalue weighted by molar-refractivity contribution is 5.99. The Balaban J connectivity index is 2.14. The van der Waals surface area contributed by atoms with Gasteiger partial charge in [0.2, 0.25) is 0 Å². The summed E-state index contributed by atoms with van der Waals surface area (Å²) >= 11 is 0. The summed E-state index contributed by atoms with van der Waals surface area (Å²) in [5.74, 6) is 0. The van der Waals surface area contributed by atoms with Crippen molar-refractivity contribution >= 4 is 11.4 Å². The minimum absolute atomic E-state index is 0.442. The molecule has 3 aromatic carbocycles. The van der Waals surface area contributed by atoms with Gasteiger partial charge in [0, 0.05) is 28.5 Å². The van der Waals surface area contributed by atoms with E-state index < -0.39 is 0 Å². The molecule has 0 fully saturated rings. The molecule has 3 aromatic rings. The fourth-order valence-electron chi connectivity index (χ4n) is 3.89.